The standard InChI is InChI=1S/C29H23N/c1-20-15-21(2)17-29(16-20)28-10-9-26-18-25(7-8-27(26)19-28)23-5-3-22(4-6-23)24-11-13-30-14-12-24/h3-19H,1-2H3. The first-order chi connectivity index (χ1) is 14.7. The third-order valence-corrected chi connectivity index (χ3v) is 5.63. The van der Waals surface area contributed by atoms with Crippen LogP contribution in [0.3, 0.4) is 0 Å². The summed E-state index contributed by atoms with van der Waals surface area (Å²) < 4.78 is 0. The molecule has 0 N–H and O–H groups in total. The van der Waals surface area contributed by atoms with Gasteiger partial charge in [0, 0.05) is 12.4 Å². The molecule has 1 nitrogen and oxygen atoms in total. The van der Waals surface area contributed by atoms with Gasteiger partial charge in [0.05, 0.1) is 0 Å². The molecule has 0 amide bonds. The molecule has 144 valence electrons. The highest BCUT2D eigenvalue weighted by Gasteiger charge is 2.05. The Kier molecular flexibility index (Phi) is 4.65. The molecule has 0 saturated heterocycles. The van der Waals surface area contributed by atoms with Gasteiger partial charge in [-0.2, -0.15) is 0 Å². The Morgan fingerprint density at radius 1 is 0.400 bits per heavy atom. The van der Waals surface area contributed by atoms with Gasteiger partial charge in [-0.05, 0) is 82.3 Å². The summed E-state index contributed by atoms with van der Waals surface area (Å²) >= 11 is 0. The second-order valence-corrected chi connectivity index (χ2v) is 7.97. The minimum Gasteiger partial charge on any atom is -0.265 e. The van der Waals surface area contributed by atoms with Crippen LogP contribution in [0.5, 0.6) is 0 Å². The summed E-state index contributed by atoms with van der Waals surface area (Å²) in [5.74, 6) is 0. The van der Waals surface area contributed by atoms with Crippen LogP contribution in [-0.4, -0.2) is 4.98 Å². The largest absolute Gasteiger partial charge is 0.265 e. The molecule has 4 aromatic carbocycles. The van der Waals surface area contributed by atoms with Crippen molar-refractivity contribution in [2.24, 2.45) is 0 Å². The van der Waals surface area contributed by atoms with Gasteiger partial charge in [0.15, 0.2) is 0 Å². The maximum Gasteiger partial charge on any atom is 0.0273 e. The van der Waals surface area contributed by atoms with Crippen molar-refractivity contribution in [1.82, 2.24) is 4.98 Å². The monoisotopic (exact) mass is 385 g/mol. The van der Waals surface area contributed by atoms with Crippen molar-refractivity contribution in [2.45, 2.75) is 13.8 Å². The van der Waals surface area contributed by atoms with Gasteiger partial charge in [-0.3, -0.25) is 4.98 Å². The highest BCUT2D eigenvalue weighted by Crippen LogP contribution is 2.30. The van der Waals surface area contributed by atoms with Gasteiger partial charge < -0.3 is 0 Å². The molecule has 1 aromatic heterocycles. The number of fused-ring (bicyclic) bond motifs is 1. The Morgan fingerprint density at radius 2 is 0.833 bits per heavy atom. The molecule has 0 atom stereocenters. The third kappa shape index (κ3) is 3.62. The summed E-state index contributed by atoms with van der Waals surface area (Å²) in [5.41, 5.74) is 10.0. The summed E-state index contributed by atoms with van der Waals surface area (Å²) in [5, 5.41) is 2.53. The van der Waals surface area contributed by atoms with E-state index in [-0.39, 0.29) is 0 Å². The molecule has 0 spiro atoms. The molecule has 1 heterocycles. The minimum atomic E-state index is 1.19. The first-order valence-corrected chi connectivity index (χ1v) is 10.3. The van der Waals surface area contributed by atoms with Crippen molar-refractivity contribution >= 4 is 10.8 Å². The summed E-state index contributed by atoms with van der Waals surface area (Å²) in [6, 6.07) is 33.0. The normalized spacial score (nSPS) is 11.0. The van der Waals surface area contributed by atoms with E-state index < -0.39 is 0 Å². The molecule has 0 aliphatic heterocycles. The quantitative estimate of drug-likeness (QED) is 0.308. The van der Waals surface area contributed by atoms with E-state index in [4.69, 9.17) is 0 Å². The van der Waals surface area contributed by atoms with Gasteiger partial charge in [0.25, 0.3) is 0 Å². The zero-order valence-electron chi connectivity index (χ0n) is 17.3. The first kappa shape index (κ1) is 18.3. The number of benzene rings is 4. The van der Waals surface area contributed by atoms with Crippen LogP contribution in [0, 0.1) is 13.8 Å². The average molecular weight is 386 g/mol. The molecule has 0 unspecified atom stereocenters. The second-order valence-electron chi connectivity index (χ2n) is 7.97. The van der Waals surface area contributed by atoms with Crippen LogP contribution in [0.4, 0.5) is 0 Å². The van der Waals surface area contributed by atoms with E-state index in [9.17, 15) is 0 Å². The van der Waals surface area contributed by atoms with Crippen molar-refractivity contribution in [3.05, 3.63) is 115 Å². The van der Waals surface area contributed by atoms with E-state index in [1.54, 1.807) is 0 Å². The Hall–Kier alpha value is -3.71. The fourth-order valence-electron chi connectivity index (χ4n) is 4.15. The number of hydrogen-bond donors (Lipinski definition) is 0. The van der Waals surface area contributed by atoms with E-state index in [1.165, 1.54) is 55.3 Å². The summed E-state index contributed by atoms with van der Waals surface area (Å²) in [6.07, 6.45) is 3.66. The van der Waals surface area contributed by atoms with Gasteiger partial charge in [0.1, 0.15) is 0 Å². The van der Waals surface area contributed by atoms with Crippen LogP contribution in [0.25, 0.3) is 44.2 Å². The summed E-state index contributed by atoms with van der Waals surface area (Å²) in [6.45, 7) is 4.31. The number of pyridine rings is 1. The fraction of sp³-hybridized carbons (Fsp3) is 0.0690. The number of hydrogen-bond acceptors (Lipinski definition) is 1. The van der Waals surface area contributed by atoms with Crippen LogP contribution in [0.1, 0.15) is 11.1 Å². The predicted molar refractivity (Wildman–Crippen MR) is 128 cm³/mol. The maximum absolute atomic E-state index is 4.10. The van der Waals surface area contributed by atoms with Crippen LogP contribution < -0.4 is 0 Å². The summed E-state index contributed by atoms with van der Waals surface area (Å²) in [7, 11) is 0. The topological polar surface area (TPSA) is 12.9 Å². The number of aromatic nitrogens is 1. The highest BCUT2D eigenvalue weighted by molar-refractivity contribution is 5.91. The van der Waals surface area contributed by atoms with E-state index in [0.29, 0.717) is 0 Å². The number of nitrogens with zero attached hydrogens (tertiary/aromatic N) is 1. The summed E-state index contributed by atoms with van der Waals surface area (Å²) in [4.78, 5) is 4.10. The average Bonchev–Trinajstić information content (AvgIpc) is 2.78. The molecular weight excluding hydrogens is 362 g/mol. The number of aryl methyl sites for hydroxylation is 2. The molecule has 0 aliphatic carbocycles. The van der Waals surface area contributed by atoms with E-state index in [1.807, 2.05) is 24.5 Å². The number of rotatable bonds is 3. The van der Waals surface area contributed by atoms with Gasteiger partial charge in [-0.15, -0.1) is 0 Å². The first-order valence-electron chi connectivity index (χ1n) is 10.3. The lowest BCUT2D eigenvalue weighted by Crippen LogP contribution is -1.85. The lowest BCUT2D eigenvalue weighted by atomic mass is 9.95. The predicted octanol–water partition coefficient (Wildman–Crippen LogP) is 7.85. The fourth-order valence-corrected chi connectivity index (χ4v) is 4.15. The van der Waals surface area contributed by atoms with Crippen LogP contribution >= 0.6 is 0 Å². The second kappa shape index (κ2) is 7.61. The molecular formula is C29H23N. The van der Waals surface area contributed by atoms with Crippen molar-refractivity contribution in [2.75, 3.05) is 0 Å². The van der Waals surface area contributed by atoms with Crippen molar-refractivity contribution in [3.8, 4) is 33.4 Å². The van der Waals surface area contributed by atoms with E-state index in [2.05, 4.69) is 97.7 Å². The molecule has 5 aromatic rings. The molecule has 0 aliphatic rings. The lowest BCUT2D eigenvalue weighted by Gasteiger charge is -2.09. The van der Waals surface area contributed by atoms with Gasteiger partial charge >= 0.3 is 0 Å². The molecule has 0 bridgehead atoms. The Balaban J connectivity index is 1.48. The Labute approximate surface area is 177 Å². The highest BCUT2D eigenvalue weighted by atomic mass is 14.6. The van der Waals surface area contributed by atoms with Gasteiger partial charge in [-0.25, -0.2) is 0 Å². The molecule has 1 heteroatoms. The van der Waals surface area contributed by atoms with Gasteiger partial charge in [0.2, 0.25) is 0 Å². The zero-order valence-corrected chi connectivity index (χ0v) is 17.3. The zero-order chi connectivity index (χ0) is 20.5. The lowest BCUT2D eigenvalue weighted by molar-refractivity contribution is 1.33. The van der Waals surface area contributed by atoms with Crippen LogP contribution in [-0.2, 0) is 0 Å². The van der Waals surface area contributed by atoms with E-state index in [0.717, 1.165) is 0 Å². The Bertz CT molecular complexity index is 1310. The van der Waals surface area contributed by atoms with E-state index >= 15 is 0 Å². The van der Waals surface area contributed by atoms with Crippen LogP contribution in [0.15, 0.2) is 103 Å². The minimum absolute atomic E-state index is 1.19. The Morgan fingerprint density at radius 3 is 1.40 bits per heavy atom. The van der Waals surface area contributed by atoms with Crippen molar-refractivity contribution in [3.63, 3.8) is 0 Å². The van der Waals surface area contributed by atoms with Crippen molar-refractivity contribution in [1.29, 1.82) is 0 Å². The van der Waals surface area contributed by atoms with Gasteiger partial charge in [-0.1, -0.05) is 77.9 Å². The maximum atomic E-state index is 4.10. The molecule has 30 heavy (non-hydrogen) atoms. The SMILES string of the molecule is Cc1cc(C)cc(-c2ccc3cc(-c4ccc(-c5ccncc5)cc4)ccc3c2)c1. The molecule has 0 radical (unpaired) electrons. The third-order valence-electron chi connectivity index (χ3n) is 5.63. The van der Waals surface area contributed by atoms with Crippen molar-refractivity contribution < 1.29 is 0 Å². The van der Waals surface area contributed by atoms with Crippen LogP contribution in [0.2, 0.25) is 0 Å². The molecule has 0 saturated carbocycles. The molecule has 0 fully saturated rings. The smallest absolute Gasteiger partial charge is 0.0273 e. The molecule has 5 rings (SSSR count).